The van der Waals surface area contributed by atoms with Gasteiger partial charge in [-0.3, -0.25) is 5.10 Å². The zero-order chi connectivity index (χ0) is 14.6. The number of hydrogen-bond acceptors (Lipinski definition) is 5. The fraction of sp³-hybridized carbons (Fsp3) is 0.417. The van der Waals surface area contributed by atoms with Gasteiger partial charge in [-0.2, -0.15) is 20.7 Å². The minimum absolute atomic E-state index is 0.163. The van der Waals surface area contributed by atoms with Gasteiger partial charge in [-0.05, 0) is 28.9 Å². The van der Waals surface area contributed by atoms with Crippen LogP contribution in [-0.4, -0.2) is 36.5 Å². The zero-order valence-electron chi connectivity index (χ0n) is 11.5. The van der Waals surface area contributed by atoms with Crippen LogP contribution in [0.2, 0.25) is 0 Å². The largest absolute Gasteiger partial charge is 0.313 e. The molecule has 2 rings (SSSR count). The van der Waals surface area contributed by atoms with Crippen molar-refractivity contribution in [2.24, 2.45) is 0 Å². The Bertz CT molecular complexity index is 634. The maximum atomic E-state index is 12.5. The molecule has 0 radical (unpaired) electrons. The molecule has 0 atom stereocenters. The van der Waals surface area contributed by atoms with Crippen LogP contribution >= 0.6 is 11.3 Å². The second-order valence-electron chi connectivity index (χ2n) is 4.40. The number of nitrogens with zero attached hydrogens (tertiary/aromatic N) is 2. The molecule has 0 aliphatic heterocycles. The smallest absolute Gasteiger partial charge is 0.260 e. The van der Waals surface area contributed by atoms with Crippen molar-refractivity contribution in [3.63, 3.8) is 0 Å². The van der Waals surface area contributed by atoms with E-state index in [2.05, 4.69) is 15.5 Å². The van der Waals surface area contributed by atoms with Gasteiger partial charge in [-0.1, -0.05) is 6.92 Å². The minimum Gasteiger partial charge on any atom is -0.313 e. The molecule has 0 aliphatic carbocycles. The first-order chi connectivity index (χ1) is 9.55. The third-order valence-electron chi connectivity index (χ3n) is 2.90. The summed E-state index contributed by atoms with van der Waals surface area (Å²) in [6, 6.07) is 1.92. The van der Waals surface area contributed by atoms with Gasteiger partial charge in [0.1, 0.15) is 0 Å². The molecule has 2 aromatic heterocycles. The van der Waals surface area contributed by atoms with Crippen molar-refractivity contribution < 1.29 is 8.42 Å². The summed E-state index contributed by atoms with van der Waals surface area (Å²) in [4.78, 5) is 0. The number of aromatic amines is 1. The maximum absolute atomic E-state index is 12.5. The van der Waals surface area contributed by atoms with Gasteiger partial charge in [-0.25, -0.2) is 8.42 Å². The fourth-order valence-corrected chi connectivity index (χ4v) is 3.70. The molecule has 0 aromatic carbocycles. The molecule has 6 nitrogen and oxygen atoms in total. The van der Waals surface area contributed by atoms with Crippen LogP contribution in [0.1, 0.15) is 18.1 Å². The van der Waals surface area contributed by atoms with Gasteiger partial charge in [-0.15, -0.1) is 0 Å². The summed E-state index contributed by atoms with van der Waals surface area (Å²) in [7, 11) is -1.98. The van der Waals surface area contributed by atoms with Crippen molar-refractivity contribution in [2.45, 2.75) is 25.0 Å². The highest BCUT2D eigenvalue weighted by Crippen LogP contribution is 2.19. The first-order valence-electron chi connectivity index (χ1n) is 6.26. The lowest BCUT2D eigenvalue weighted by Gasteiger charge is -2.16. The average molecular weight is 314 g/mol. The van der Waals surface area contributed by atoms with E-state index in [9.17, 15) is 8.42 Å². The second kappa shape index (κ2) is 6.49. The number of rotatable bonds is 7. The second-order valence-corrected chi connectivity index (χ2v) is 7.16. The molecule has 0 spiro atoms. The lowest BCUT2D eigenvalue weighted by Crippen LogP contribution is -2.28. The van der Waals surface area contributed by atoms with Crippen LogP contribution in [-0.2, 0) is 23.1 Å². The van der Waals surface area contributed by atoms with Crippen molar-refractivity contribution >= 4 is 21.4 Å². The van der Waals surface area contributed by atoms with Crippen molar-refractivity contribution in [3.8, 4) is 0 Å². The predicted octanol–water partition coefficient (Wildman–Crippen LogP) is 1.40. The molecule has 0 fully saturated rings. The third-order valence-corrected chi connectivity index (χ3v) is 5.45. The van der Waals surface area contributed by atoms with Crippen LogP contribution in [0.25, 0.3) is 0 Å². The highest BCUT2D eigenvalue weighted by atomic mass is 32.2. The van der Waals surface area contributed by atoms with Crippen molar-refractivity contribution in [3.05, 3.63) is 34.2 Å². The quantitative estimate of drug-likeness (QED) is 0.810. The summed E-state index contributed by atoms with van der Waals surface area (Å²) in [6.45, 7) is 3.58. The maximum Gasteiger partial charge on any atom is 0.260 e. The Morgan fingerprint density at radius 1 is 1.50 bits per heavy atom. The molecular weight excluding hydrogens is 296 g/mol. The van der Waals surface area contributed by atoms with Crippen LogP contribution in [0.15, 0.2) is 28.0 Å². The van der Waals surface area contributed by atoms with Crippen LogP contribution in [0.4, 0.5) is 0 Å². The zero-order valence-corrected chi connectivity index (χ0v) is 13.1. The Morgan fingerprint density at radius 3 is 2.95 bits per heavy atom. The Kier molecular flexibility index (Phi) is 4.92. The van der Waals surface area contributed by atoms with E-state index in [1.807, 2.05) is 23.8 Å². The summed E-state index contributed by atoms with van der Waals surface area (Å²) in [6.07, 6.45) is 1.55. The number of aromatic nitrogens is 2. The highest BCUT2D eigenvalue weighted by molar-refractivity contribution is 7.89. The molecule has 8 heteroatoms. The lowest BCUT2D eigenvalue weighted by atomic mass is 10.3. The summed E-state index contributed by atoms with van der Waals surface area (Å²) in [5.41, 5.74) is 1.64. The van der Waals surface area contributed by atoms with E-state index in [1.165, 1.54) is 4.31 Å². The Balaban J connectivity index is 2.19. The minimum atomic E-state index is -3.55. The number of nitrogens with one attached hydrogen (secondary N) is 2. The standard InChI is InChI=1S/C12H18N4O2S2/c1-3-13-6-11-7-14-15-12(11)20(17,18)16(2)8-10-4-5-19-9-10/h4-5,7,9,13H,3,6,8H2,1-2H3,(H,14,15). The van der Waals surface area contributed by atoms with Gasteiger partial charge < -0.3 is 5.32 Å². The van der Waals surface area contributed by atoms with Crippen LogP contribution in [0.3, 0.4) is 0 Å². The van der Waals surface area contributed by atoms with Crippen molar-refractivity contribution in [1.82, 2.24) is 19.8 Å². The van der Waals surface area contributed by atoms with Gasteiger partial charge in [0.15, 0.2) is 5.03 Å². The predicted molar refractivity (Wildman–Crippen MR) is 78.9 cm³/mol. The van der Waals surface area contributed by atoms with E-state index < -0.39 is 10.0 Å². The van der Waals surface area contributed by atoms with Gasteiger partial charge >= 0.3 is 0 Å². The Hall–Kier alpha value is -1.22. The van der Waals surface area contributed by atoms with E-state index in [4.69, 9.17) is 0 Å². The normalized spacial score (nSPS) is 12.2. The molecule has 0 saturated carbocycles. The van der Waals surface area contributed by atoms with Crippen LogP contribution in [0.5, 0.6) is 0 Å². The summed E-state index contributed by atoms with van der Waals surface area (Å²) in [5.74, 6) is 0. The Labute approximate surface area is 122 Å². The van der Waals surface area contributed by atoms with E-state index in [0.717, 1.165) is 12.1 Å². The van der Waals surface area contributed by atoms with Crippen molar-refractivity contribution in [2.75, 3.05) is 13.6 Å². The molecule has 2 N–H and O–H groups in total. The highest BCUT2D eigenvalue weighted by Gasteiger charge is 2.25. The molecule has 0 aliphatic rings. The molecule has 20 heavy (non-hydrogen) atoms. The summed E-state index contributed by atoms with van der Waals surface area (Å²) < 4.78 is 26.4. The van der Waals surface area contributed by atoms with Gasteiger partial charge in [0.2, 0.25) is 0 Å². The van der Waals surface area contributed by atoms with Gasteiger partial charge in [0, 0.05) is 25.7 Å². The molecule has 0 unspecified atom stereocenters. The van der Waals surface area contributed by atoms with E-state index in [-0.39, 0.29) is 5.03 Å². The molecule has 0 saturated heterocycles. The molecule has 2 heterocycles. The number of thiophene rings is 1. The topological polar surface area (TPSA) is 78.1 Å². The fourth-order valence-electron chi connectivity index (χ4n) is 1.79. The number of H-pyrrole nitrogens is 1. The molecule has 2 aromatic rings. The van der Waals surface area contributed by atoms with Crippen molar-refractivity contribution in [1.29, 1.82) is 0 Å². The summed E-state index contributed by atoms with van der Waals surface area (Å²) >= 11 is 1.55. The van der Waals surface area contributed by atoms with Crippen LogP contribution < -0.4 is 5.32 Å². The molecule has 0 amide bonds. The van der Waals surface area contributed by atoms with Gasteiger partial charge in [0.25, 0.3) is 10.0 Å². The molecular formula is C12H18N4O2S2. The van der Waals surface area contributed by atoms with E-state index in [1.54, 1.807) is 24.6 Å². The SMILES string of the molecule is CCNCc1cn[nH]c1S(=O)(=O)N(C)Cc1ccsc1. The number of hydrogen-bond donors (Lipinski definition) is 2. The monoisotopic (exact) mass is 314 g/mol. The average Bonchev–Trinajstić information content (AvgIpc) is 3.06. The first kappa shape index (κ1) is 15.2. The summed E-state index contributed by atoms with van der Waals surface area (Å²) in [5, 5.41) is 13.6. The molecule has 0 bridgehead atoms. The van der Waals surface area contributed by atoms with E-state index in [0.29, 0.717) is 18.7 Å². The van der Waals surface area contributed by atoms with Crippen LogP contribution in [0, 0.1) is 0 Å². The van der Waals surface area contributed by atoms with E-state index >= 15 is 0 Å². The third kappa shape index (κ3) is 3.26. The van der Waals surface area contributed by atoms with Gasteiger partial charge in [0.05, 0.1) is 6.20 Å². The molecule has 110 valence electrons. The number of sulfonamides is 1. The lowest BCUT2D eigenvalue weighted by molar-refractivity contribution is 0.463. The Morgan fingerprint density at radius 2 is 2.30 bits per heavy atom. The first-order valence-corrected chi connectivity index (χ1v) is 8.64.